The second kappa shape index (κ2) is 10.2. The van der Waals surface area contributed by atoms with Gasteiger partial charge in [-0.3, -0.25) is 9.78 Å². The molecule has 33 heavy (non-hydrogen) atoms. The predicted octanol–water partition coefficient (Wildman–Crippen LogP) is 4.40. The third-order valence-corrected chi connectivity index (χ3v) is 6.18. The van der Waals surface area contributed by atoms with Crippen molar-refractivity contribution in [2.24, 2.45) is 11.8 Å². The lowest BCUT2D eigenvalue weighted by molar-refractivity contribution is -0.126. The Kier molecular flexibility index (Phi) is 7.08. The first kappa shape index (κ1) is 23.0. The number of nitrogens with one attached hydrogen (secondary N) is 1. The van der Waals surface area contributed by atoms with Gasteiger partial charge in [-0.25, -0.2) is 9.97 Å². The van der Waals surface area contributed by atoms with E-state index in [0.717, 1.165) is 17.1 Å². The summed E-state index contributed by atoms with van der Waals surface area (Å²) in [6, 6.07) is 11.4. The Bertz CT molecular complexity index is 1140. The highest BCUT2D eigenvalue weighted by atomic mass is 35.5. The number of carbonyl (C=O) groups excluding carboxylic acids is 1. The molecule has 172 valence electrons. The van der Waals surface area contributed by atoms with E-state index in [1.54, 1.807) is 6.20 Å². The summed E-state index contributed by atoms with van der Waals surface area (Å²) in [6.45, 7) is 6.68. The maximum absolute atomic E-state index is 13.1. The van der Waals surface area contributed by atoms with Gasteiger partial charge in [0, 0.05) is 25.1 Å². The van der Waals surface area contributed by atoms with Crippen LogP contribution in [0.3, 0.4) is 0 Å². The fraction of sp³-hybridized carbons (Fsp3) is 0.360. The molecule has 0 aliphatic carbocycles. The van der Waals surface area contributed by atoms with Gasteiger partial charge in [0.2, 0.25) is 12.7 Å². The standard InChI is InChI=1S/C25H27ClN4O3/c1-15(2)18(25(31)28-11-9-17-7-8-21-22(12-17)33-14-32-21)13-20-23(26)16(3)29-24(30-20)19-6-4-5-10-27-19/h4-8,10,12,15,18H,9,11,13-14H2,1-3H3,(H,28,31). The highest BCUT2D eigenvalue weighted by Crippen LogP contribution is 2.32. The minimum atomic E-state index is -0.273. The van der Waals surface area contributed by atoms with Crippen LogP contribution in [0.25, 0.3) is 11.5 Å². The minimum absolute atomic E-state index is 0.0162. The van der Waals surface area contributed by atoms with Gasteiger partial charge in [-0.2, -0.15) is 0 Å². The van der Waals surface area contributed by atoms with E-state index in [-0.39, 0.29) is 24.5 Å². The number of ether oxygens (including phenoxy) is 2. The molecule has 0 saturated carbocycles. The molecule has 0 radical (unpaired) electrons. The number of pyridine rings is 1. The summed E-state index contributed by atoms with van der Waals surface area (Å²) in [5.41, 5.74) is 3.09. The molecule has 0 saturated heterocycles. The first-order valence-corrected chi connectivity index (χ1v) is 11.4. The Morgan fingerprint density at radius 3 is 2.73 bits per heavy atom. The monoisotopic (exact) mass is 466 g/mol. The van der Waals surface area contributed by atoms with E-state index in [9.17, 15) is 4.79 Å². The molecule has 0 bridgehead atoms. The third-order valence-electron chi connectivity index (χ3n) is 5.68. The molecular weight excluding hydrogens is 440 g/mol. The Hall–Kier alpha value is -3.19. The SMILES string of the molecule is Cc1nc(-c2ccccn2)nc(CC(C(=O)NCCc2ccc3c(c2)OCO3)C(C)C)c1Cl. The number of benzene rings is 1. The summed E-state index contributed by atoms with van der Waals surface area (Å²) in [5, 5.41) is 3.57. The number of amides is 1. The van der Waals surface area contributed by atoms with Gasteiger partial charge in [-0.15, -0.1) is 0 Å². The van der Waals surface area contributed by atoms with Crippen molar-refractivity contribution < 1.29 is 14.3 Å². The molecule has 0 spiro atoms. The Labute approximate surface area is 198 Å². The average molecular weight is 467 g/mol. The van der Waals surface area contributed by atoms with Gasteiger partial charge < -0.3 is 14.8 Å². The third kappa shape index (κ3) is 5.42. The average Bonchev–Trinajstić information content (AvgIpc) is 3.28. The Morgan fingerprint density at radius 1 is 1.15 bits per heavy atom. The van der Waals surface area contributed by atoms with Crippen molar-refractivity contribution in [2.45, 2.75) is 33.6 Å². The molecule has 4 rings (SSSR count). The first-order chi connectivity index (χ1) is 15.9. The summed E-state index contributed by atoms with van der Waals surface area (Å²) in [4.78, 5) is 26.5. The molecule has 1 N–H and O–H groups in total. The number of hydrogen-bond acceptors (Lipinski definition) is 6. The largest absolute Gasteiger partial charge is 0.454 e. The van der Waals surface area contributed by atoms with Crippen LogP contribution >= 0.6 is 11.6 Å². The Morgan fingerprint density at radius 2 is 1.97 bits per heavy atom. The minimum Gasteiger partial charge on any atom is -0.454 e. The molecule has 1 unspecified atom stereocenters. The summed E-state index contributed by atoms with van der Waals surface area (Å²) in [7, 11) is 0. The molecule has 8 heteroatoms. The van der Waals surface area contributed by atoms with Crippen molar-refractivity contribution in [3.05, 3.63) is 64.6 Å². The molecule has 7 nitrogen and oxygen atoms in total. The molecule has 1 atom stereocenters. The van der Waals surface area contributed by atoms with Crippen LogP contribution in [0.2, 0.25) is 5.02 Å². The van der Waals surface area contributed by atoms with Gasteiger partial charge in [0.05, 0.1) is 16.4 Å². The van der Waals surface area contributed by atoms with Crippen LogP contribution < -0.4 is 14.8 Å². The van der Waals surface area contributed by atoms with Crippen molar-refractivity contribution >= 4 is 17.5 Å². The number of aryl methyl sites for hydroxylation is 1. The van der Waals surface area contributed by atoms with Crippen LogP contribution in [-0.2, 0) is 17.6 Å². The van der Waals surface area contributed by atoms with Crippen LogP contribution in [0.5, 0.6) is 11.5 Å². The maximum Gasteiger partial charge on any atom is 0.231 e. The fourth-order valence-electron chi connectivity index (χ4n) is 3.76. The zero-order valence-corrected chi connectivity index (χ0v) is 19.7. The van der Waals surface area contributed by atoms with E-state index >= 15 is 0 Å². The van der Waals surface area contributed by atoms with Crippen LogP contribution in [0, 0.1) is 18.8 Å². The van der Waals surface area contributed by atoms with E-state index in [1.165, 1.54) is 0 Å². The molecule has 0 fully saturated rings. The zero-order valence-electron chi connectivity index (χ0n) is 19.0. The lowest BCUT2D eigenvalue weighted by atomic mass is 9.90. The van der Waals surface area contributed by atoms with Crippen molar-refractivity contribution in [3.63, 3.8) is 0 Å². The molecule has 2 aromatic heterocycles. The van der Waals surface area contributed by atoms with Gasteiger partial charge in [-0.1, -0.05) is 37.6 Å². The van der Waals surface area contributed by atoms with Gasteiger partial charge in [-0.05, 0) is 49.1 Å². The number of carbonyl (C=O) groups is 1. The van der Waals surface area contributed by atoms with Crippen LogP contribution in [0.15, 0.2) is 42.6 Å². The number of nitrogens with zero attached hydrogens (tertiary/aromatic N) is 3. The predicted molar refractivity (Wildman–Crippen MR) is 126 cm³/mol. The van der Waals surface area contributed by atoms with E-state index in [0.29, 0.717) is 47.3 Å². The van der Waals surface area contributed by atoms with E-state index < -0.39 is 0 Å². The van der Waals surface area contributed by atoms with Crippen molar-refractivity contribution in [2.75, 3.05) is 13.3 Å². The number of hydrogen-bond donors (Lipinski definition) is 1. The lowest BCUT2D eigenvalue weighted by Gasteiger charge is -2.21. The lowest BCUT2D eigenvalue weighted by Crippen LogP contribution is -2.36. The van der Waals surface area contributed by atoms with Gasteiger partial charge in [0.15, 0.2) is 17.3 Å². The van der Waals surface area contributed by atoms with Crippen molar-refractivity contribution in [3.8, 4) is 23.0 Å². The summed E-state index contributed by atoms with van der Waals surface area (Å²) < 4.78 is 10.8. The number of fused-ring (bicyclic) bond motifs is 1. The highest BCUT2D eigenvalue weighted by molar-refractivity contribution is 6.31. The molecule has 1 aliphatic heterocycles. The molecule has 3 heterocycles. The second-order valence-electron chi connectivity index (χ2n) is 8.39. The molecule has 1 amide bonds. The maximum atomic E-state index is 13.1. The van der Waals surface area contributed by atoms with Crippen molar-refractivity contribution in [1.29, 1.82) is 0 Å². The normalized spacial score (nSPS) is 13.2. The molecule has 1 aromatic carbocycles. The number of rotatable bonds is 8. The van der Waals surface area contributed by atoms with Crippen LogP contribution in [0.1, 0.15) is 30.8 Å². The summed E-state index contributed by atoms with van der Waals surface area (Å²) >= 11 is 6.54. The van der Waals surface area contributed by atoms with Gasteiger partial charge in [0.25, 0.3) is 0 Å². The molecule has 1 aliphatic rings. The van der Waals surface area contributed by atoms with E-state index in [1.807, 2.05) is 57.2 Å². The Balaban J connectivity index is 1.44. The topological polar surface area (TPSA) is 86.2 Å². The van der Waals surface area contributed by atoms with Crippen molar-refractivity contribution in [1.82, 2.24) is 20.3 Å². The molecular formula is C25H27ClN4O3. The van der Waals surface area contributed by atoms with Crippen LogP contribution in [-0.4, -0.2) is 34.2 Å². The first-order valence-electron chi connectivity index (χ1n) is 11.0. The zero-order chi connectivity index (χ0) is 23.4. The number of halogens is 1. The van der Waals surface area contributed by atoms with Gasteiger partial charge in [0.1, 0.15) is 5.69 Å². The van der Waals surface area contributed by atoms with Crippen LogP contribution in [0.4, 0.5) is 0 Å². The second-order valence-corrected chi connectivity index (χ2v) is 8.77. The summed E-state index contributed by atoms with van der Waals surface area (Å²) in [5.74, 6) is 1.84. The molecule has 3 aromatic rings. The van der Waals surface area contributed by atoms with E-state index in [4.69, 9.17) is 21.1 Å². The van der Waals surface area contributed by atoms with Gasteiger partial charge >= 0.3 is 0 Å². The smallest absolute Gasteiger partial charge is 0.231 e. The number of aromatic nitrogens is 3. The highest BCUT2D eigenvalue weighted by Gasteiger charge is 2.25. The summed E-state index contributed by atoms with van der Waals surface area (Å²) in [6.07, 6.45) is 2.83. The van der Waals surface area contributed by atoms with E-state index in [2.05, 4.69) is 20.3 Å². The fourth-order valence-corrected chi connectivity index (χ4v) is 3.92. The quantitative estimate of drug-likeness (QED) is 0.529.